The first-order chi connectivity index (χ1) is 5.49. The van der Waals surface area contributed by atoms with Crippen LogP contribution in [0.3, 0.4) is 0 Å². The minimum absolute atomic E-state index is 0.430. The second-order valence-corrected chi connectivity index (χ2v) is 2.26. The van der Waals surface area contributed by atoms with Gasteiger partial charge in [-0.2, -0.15) is 0 Å². The standard InChI is InChI=1S/C7H10O5/c1-3-4(2)12-7(11)5(8)6(9)10/h4H,3H2,1-2H3,(H,9,10). The maximum atomic E-state index is 10.6. The summed E-state index contributed by atoms with van der Waals surface area (Å²) in [5.74, 6) is -4.63. The molecule has 12 heavy (non-hydrogen) atoms. The summed E-state index contributed by atoms with van der Waals surface area (Å²) >= 11 is 0. The van der Waals surface area contributed by atoms with Crippen molar-refractivity contribution in [1.29, 1.82) is 0 Å². The molecule has 0 saturated heterocycles. The molecule has 0 saturated carbocycles. The van der Waals surface area contributed by atoms with Gasteiger partial charge in [0.2, 0.25) is 0 Å². The Hall–Kier alpha value is -1.39. The number of ether oxygens (including phenoxy) is 1. The molecule has 1 unspecified atom stereocenters. The molecule has 0 aromatic rings. The Bertz CT molecular complexity index is 208. The molecule has 0 aliphatic rings. The lowest BCUT2D eigenvalue weighted by molar-refractivity contribution is -0.164. The normalized spacial score (nSPS) is 11.8. The predicted octanol–water partition coefficient (Wildman–Crippen LogP) is -0.0182. The first-order valence-corrected chi connectivity index (χ1v) is 3.47. The predicted molar refractivity (Wildman–Crippen MR) is 38.5 cm³/mol. The lowest BCUT2D eigenvalue weighted by atomic mass is 10.3. The zero-order valence-electron chi connectivity index (χ0n) is 6.86. The lowest BCUT2D eigenvalue weighted by Crippen LogP contribution is -2.28. The van der Waals surface area contributed by atoms with E-state index in [9.17, 15) is 14.4 Å². The molecule has 0 bridgehead atoms. The number of carboxylic acid groups (broad SMARTS) is 1. The Labute approximate surface area is 69.3 Å². The van der Waals surface area contributed by atoms with Gasteiger partial charge in [-0.25, -0.2) is 9.59 Å². The highest BCUT2D eigenvalue weighted by atomic mass is 16.5. The van der Waals surface area contributed by atoms with Gasteiger partial charge in [-0.1, -0.05) is 6.92 Å². The van der Waals surface area contributed by atoms with E-state index in [-0.39, 0.29) is 0 Å². The van der Waals surface area contributed by atoms with Gasteiger partial charge < -0.3 is 9.84 Å². The van der Waals surface area contributed by atoms with E-state index < -0.39 is 23.8 Å². The van der Waals surface area contributed by atoms with Crippen LogP contribution in [0.25, 0.3) is 0 Å². The molecular weight excluding hydrogens is 164 g/mol. The Kier molecular flexibility index (Phi) is 3.96. The van der Waals surface area contributed by atoms with Crippen LogP contribution in [-0.2, 0) is 19.1 Å². The number of ketones is 1. The quantitative estimate of drug-likeness (QED) is 0.368. The third-order valence-electron chi connectivity index (χ3n) is 1.26. The van der Waals surface area contributed by atoms with Crippen LogP contribution in [0.5, 0.6) is 0 Å². The third-order valence-corrected chi connectivity index (χ3v) is 1.26. The molecule has 1 N–H and O–H groups in total. The highest BCUT2D eigenvalue weighted by molar-refractivity contribution is 6.59. The molecule has 68 valence electrons. The molecule has 0 radical (unpaired) electrons. The van der Waals surface area contributed by atoms with E-state index in [2.05, 4.69) is 4.74 Å². The summed E-state index contributed by atoms with van der Waals surface area (Å²) in [7, 11) is 0. The molecule has 0 aromatic heterocycles. The van der Waals surface area contributed by atoms with Gasteiger partial charge in [-0.15, -0.1) is 0 Å². The summed E-state index contributed by atoms with van der Waals surface area (Å²) in [6.45, 7) is 3.33. The van der Waals surface area contributed by atoms with Crippen molar-refractivity contribution in [1.82, 2.24) is 0 Å². The smallest absolute Gasteiger partial charge is 0.387 e. The molecular formula is C7H10O5. The SMILES string of the molecule is CCC(C)OC(=O)C(=O)C(=O)O. The van der Waals surface area contributed by atoms with Crippen LogP contribution in [-0.4, -0.2) is 28.9 Å². The fraction of sp³-hybridized carbons (Fsp3) is 0.571. The van der Waals surface area contributed by atoms with Crippen molar-refractivity contribution < 1.29 is 24.2 Å². The van der Waals surface area contributed by atoms with Crippen LogP contribution in [0.2, 0.25) is 0 Å². The van der Waals surface area contributed by atoms with Gasteiger partial charge in [0.25, 0.3) is 0 Å². The summed E-state index contributed by atoms with van der Waals surface area (Å²) < 4.78 is 4.45. The molecule has 0 aromatic carbocycles. The van der Waals surface area contributed by atoms with Crippen molar-refractivity contribution in [2.45, 2.75) is 26.4 Å². The van der Waals surface area contributed by atoms with Crippen molar-refractivity contribution in [2.24, 2.45) is 0 Å². The van der Waals surface area contributed by atoms with Crippen molar-refractivity contribution in [3.8, 4) is 0 Å². The third kappa shape index (κ3) is 3.14. The zero-order chi connectivity index (χ0) is 9.72. The van der Waals surface area contributed by atoms with Gasteiger partial charge in [0, 0.05) is 0 Å². The summed E-state index contributed by atoms with van der Waals surface area (Å²) in [4.78, 5) is 31.0. The molecule has 0 aliphatic carbocycles. The van der Waals surface area contributed by atoms with Crippen LogP contribution in [0.15, 0.2) is 0 Å². The first-order valence-electron chi connectivity index (χ1n) is 3.47. The van der Waals surface area contributed by atoms with E-state index in [1.807, 2.05) is 0 Å². The Morgan fingerprint density at radius 1 is 1.42 bits per heavy atom. The summed E-state index contributed by atoms with van der Waals surface area (Å²) in [5.41, 5.74) is 0. The molecule has 0 heterocycles. The van der Waals surface area contributed by atoms with Gasteiger partial charge in [0.05, 0.1) is 6.10 Å². The highest BCUT2D eigenvalue weighted by Crippen LogP contribution is 1.96. The van der Waals surface area contributed by atoms with E-state index in [1.165, 1.54) is 0 Å². The first kappa shape index (κ1) is 10.6. The molecule has 0 amide bonds. The average Bonchev–Trinajstić information content (AvgIpc) is 2.02. The van der Waals surface area contributed by atoms with Gasteiger partial charge in [0.1, 0.15) is 0 Å². The lowest BCUT2D eigenvalue weighted by Gasteiger charge is -2.07. The number of rotatable bonds is 4. The number of Topliss-reactive ketones (excluding diaryl/α,β-unsaturated/α-hetero) is 1. The van der Waals surface area contributed by atoms with E-state index in [0.29, 0.717) is 6.42 Å². The minimum atomic E-state index is -1.79. The fourth-order valence-electron chi connectivity index (χ4n) is 0.407. The molecule has 5 nitrogen and oxygen atoms in total. The average molecular weight is 174 g/mol. The number of hydrogen-bond acceptors (Lipinski definition) is 4. The van der Waals surface area contributed by atoms with E-state index in [4.69, 9.17) is 5.11 Å². The van der Waals surface area contributed by atoms with Gasteiger partial charge >= 0.3 is 17.7 Å². The minimum Gasteiger partial charge on any atom is -0.475 e. The molecule has 0 aliphatic heterocycles. The number of carbonyl (C=O) groups is 3. The second-order valence-electron chi connectivity index (χ2n) is 2.26. The van der Waals surface area contributed by atoms with Crippen molar-refractivity contribution >= 4 is 17.7 Å². The number of aliphatic carboxylic acids is 1. The summed E-state index contributed by atoms with van der Waals surface area (Å²) in [6.07, 6.45) is 0.111. The van der Waals surface area contributed by atoms with Crippen LogP contribution in [0, 0.1) is 0 Å². The number of carboxylic acids is 1. The van der Waals surface area contributed by atoms with E-state index in [0.717, 1.165) is 0 Å². The fourth-order valence-corrected chi connectivity index (χ4v) is 0.407. The van der Waals surface area contributed by atoms with Crippen LogP contribution < -0.4 is 0 Å². The van der Waals surface area contributed by atoms with Crippen molar-refractivity contribution in [3.63, 3.8) is 0 Å². The maximum absolute atomic E-state index is 10.6. The Morgan fingerprint density at radius 2 is 1.92 bits per heavy atom. The van der Waals surface area contributed by atoms with Gasteiger partial charge in [-0.05, 0) is 13.3 Å². The molecule has 5 heteroatoms. The number of carbonyl (C=O) groups excluding carboxylic acids is 2. The monoisotopic (exact) mass is 174 g/mol. The van der Waals surface area contributed by atoms with Crippen molar-refractivity contribution in [2.75, 3.05) is 0 Å². The molecule has 1 atom stereocenters. The molecule has 0 fully saturated rings. The van der Waals surface area contributed by atoms with E-state index >= 15 is 0 Å². The number of hydrogen-bond donors (Lipinski definition) is 1. The zero-order valence-corrected chi connectivity index (χ0v) is 6.86. The number of esters is 1. The van der Waals surface area contributed by atoms with Gasteiger partial charge in [0.15, 0.2) is 0 Å². The highest BCUT2D eigenvalue weighted by Gasteiger charge is 2.24. The summed E-state index contributed by atoms with van der Waals surface area (Å²) in [6, 6.07) is 0. The Morgan fingerprint density at radius 3 is 2.25 bits per heavy atom. The van der Waals surface area contributed by atoms with Crippen LogP contribution in [0.4, 0.5) is 0 Å². The Balaban J connectivity index is 4.05. The largest absolute Gasteiger partial charge is 0.475 e. The second kappa shape index (κ2) is 4.48. The van der Waals surface area contributed by atoms with Gasteiger partial charge in [-0.3, -0.25) is 4.79 Å². The van der Waals surface area contributed by atoms with Crippen LogP contribution in [0.1, 0.15) is 20.3 Å². The summed E-state index contributed by atoms with van der Waals surface area (Å²) in [5, 5.41) is 8.09. The molecule has 0 spiro atoms. The molecule has 0 rings (SSSR count). The van der Waals surface area contributed by atoms with Crippen molar-refractivity contribution in [3.05, 3.63) is 0 Å². The van der Waals surface area contributed by atoms with E-state index in [1.54, 1.807) is 13.8 Å². The maximum Gasteiger partial charge on any atom is 0.387 e. The van der Waals surface area contributed by atoms with Crippen LogP contribution >= 0.6 is 0 Å². The topological polar surface area (TPSA) is 80.7 Å².